The summed E-state index contributed by atoms with van der Waals surface area (Å²) in [5, 5.41) is 2.80. The molecule has 3 aromatic carbocycles. The second kappa shape index (κ2) is 12.1. The monoisotopic (exact) mass is 461 g/mol. The number of hydrogen-bond donors (Lipinski definition) is 1. The van der Waals surface area contributed by atoms with E-state index in [9.17, 15) is 9.59 Å². The van der Waals surface area contributed by atoms with Crippen molar-refractivity contribution in [2.45, 2.75) is 13.3 Å². The first-order valence-corrected chi connectivity index (χ1v) is 10.8. The minimum atomic E-state index is -0.541. The summed E-state index contributed by atoms with van der Waals surface area (Å²) in [5.74, 6) is 1.46. The Balaban J connectivity index is 1.56. The molecule has 0 bridgehead atoms. The number of carbonyl (C=O) groups excluding carboxylic acids is 2. The van der Waals surface area contributed by atoms with Gasteiger partial charge in [0.25, 0.3) is 5.91 Å². The number of benzene rings is 3. The molecule has 0 atom stereocenters. The number of nitrogens with one attached hydrogen (secondary N) is 1. The van der Waals surface area contributed by atoms with Gasteiger partial charge in [-0.15, -0.1) is 0 Å². The molecule has 1 N–H and O–H groups in total. The van der Waals surface area contributed by atoms with E-state index in [2.05, 4.69) is 5.32 Å². The fourth-order valence-electron chi connectivity index (χ4n) is 2.99. The average Bonchev–Trinajstić information content (AvgIpc) is 2.87. The van der Waals surface area contributed by atoms with E-state index in [-0.39, 0.29) is 5.91 Å². The second-order valence-corrected chi connectivity index (χ2v) is 7.22. The first-order chi connectivity index (χ1) is 16.5. The van der Waals surface area contributed by atoms with Gasteiger partial charge in [-0.3, -0.25) is 4.79 Å². The highest BCUT2D eigenvalue weighted by atomic mass is 16.5. The van der Waals surface area contributed by atoms with Crippen molar-refractivity contribution < 1.29 is 28.5 Å². The first-order valence-electron chi connectivity index (χ1n) is 10.8. The lowest BCUT2D eigenvalue weighted by atomic mass is 10.2. The smallest absolute Gasteiger partial charge is 0.336 e. The Morgan fingerprint density at radius 1 is 0.853 bits per heavy atom. The molecule has 0 saturated carbocycles. The van der Waals surface area contributed by atoms with Crippen molar-refractivity contribution in [1.82, 2.24) is 0 Å². The van der Waals surface area contributed by atoms with Crippen LogP contribution in [0.3, 0.4) is 0 Å². The number of rotatable bonds is 10. The van der Waals surface area contributed by atoms with Crippen LogP contribution in [0.5, 0.6) is 23.0 Å². The number of ether oxygens (including phenoxy) is 4. The molecular formula is C27H27NO6. The third-order valence-electron chi connectivity index (χ3n) is 4.74. The zero-order valence-corrected chi connectivity index (χ0v) is 19.4. The zero-order valence-electron chi connectivity index (χ0n) is 19.4. The SMILES string of the molecule is CCCOc1ccc(/C=C/C(=O)Oc2ccc(C(=O)Nc3ccc(OC)cc3)cc2)cc1OC. The summed E-state index contributed by atoms with van der Waals surface area (Å²) >= 11 is 0. The van der Waals surface area contributed by atoms with Crippen LogP contribution in [0.15, 0.2) is 72.8 Å². The van der Waals surface area contributed by atoms with Crippen LogP contribution in [0.25, 0.3) is 6.08 Å². The van der Waals surface area contributed by atoms with Crippen molar-refractivity contribution in [2.24, 2.45) is 0 Å². The summed E-state index contributed by atoms with van der Waals surface area (Å²) in [4.78, 5) is 24.6. The Bertz CT molecular complexity index is 1140. The molecule has 0 aromatic heterocycles. The largest absolute Gasteiger partial charge is 0.497 e. The molecule has 0 heterocycles. The lowest BCUT2D eigenvalue weighted by Gasteiger charge is -2.10. The van der Waals surface area contributed by atoms with E-state index in [4.69, 9.17) is 18.9 Å². The lowest BCUT2D eigenvalue weighted by molar-refractivity contribution is -0.128. The summed E-state index contributed by atoms with van der Waals surface area (Å²) in [5.41, 5.74) is 1.85. The highest BCUT2D eigenvalue weighted by Gasteiger charge is 2.08. The third kappa shape index (κ3) is 6.87. The molecule has 7 heteroatoms. The van der Waals surface area contributed by atoms with Gasteiger partial charge in [-0.05, 0) is 78.7 Å². The molecule has 0 aliphatic carbocycles. The van der Waals surface area contributed by atoms with E-state index >= 15 is 0 Å². The van der Waals surface area contributed by atoms with Crippen molar-refractivity contribution >= 4 is 23.6 Å². The van der Waals surface area contributed by atoms with Gasteiger partial charge >= 0.3 is 5.97 Å². The highest BCUT2D eigenvalue weighted by Crippen LogP contribution is 2.28. The van der Waals surface area contributed by atoms with E-state index in [1.165, 1.54) is 6.08 Å². The van der Waals surface area contributed by atoms with Crippen LogP contribution in [-0.2, 0) is 4.79 Å². The average molecular weight is 462 g/mol. The molecule has 176 valence electrons. The Labute approximate surface area is 198 Å². The molecule has 0 aliphatic rings. The van der Waals surface area contributed by atoms with Gasteiger partial charge in [0.1, 0.15) is 11.5 Å². The minimum absolute atomic E-state index is 0.275. The van der Waals surface area contributed by atoms with E-state index in [1.807, 2.05) is 13.0 Å². The molecule has 0 aliphatic heterocycles. The lowest BCUT2D eigenvalue weighted by Crippen LogP contribution is -2.12. The predicted octanol–water partition coefficient (Wildman–Crippen LogP) is 5.36. The van der Waals surface area contributed by atoms with Crippen LogP contribution in [0, 0.1) is 0 Å². The third-order valence-corrected chi connectivity index (χ3v) is 4.74. The Kier molecular flexibility index (Phi) is 8.68. The topological polar surface area (TPSA) is 83.1 Å². The maximum absolute atomic E-state index is 12.4. The van der Waals surface area contributed by atoms with Gasteiger partial charge in [0.15, 0.2) is 11.5 Å². The Morgan fingerprint density at radius 3 is 2.21 bits per heavy atom. The van der Waals surface area contributed by atoms with Gasteiger partial charge in [-0.1, -0.05) is 13.0 Å². The molecule has 0 saturated heterocycles. The van der Waals surface area contributed by atoms with Crippen molar-refractivity contribution in [3.8, 4) is 23.0 Å². The summed E-state index contributed by atoms with van der Waals surface area (Å²) < 4.78 is 21.4. The Hall–Kier alpha value is -4.26. The number of anilines is 1. The number of carbonyl (C=O) groups is 2. The molecule has 1 amide bonds. The quantitative estimate of drug-likeness (QED) is 0.249. The van der Waals surface area contributed by atoms with Crippen LogP contribution in [0.2, 0.25) is 0 Å². The molecule has 3 aromatic rings. The van der Waals surface area contributed by atoms with Crippen molar-refractivity contribution in [3.63, 3.8) is 0 Å². The normalized spacial score (nSPS) is 10.6. The van der Waals surface area contributed by atoms with Crippen LogP contribution in [-0.4, -0.2) is 32.7 Å². The molecule has 0 unspecified atom stereocenters. The van der Waals surface area contributed by atoms with Gasteiger partial charge < -0.3 is 24.3 Å². The van der Waals surface area contributed by atoms with Crippen LogP contribution >= 0.6 is 0 Å². The molecule has 0 radical (unpaired) electrons. The fourth-order valence-corrected chi connectivity index (χ4v) is 2.99. The second-order valence-electron chi connectivity index (χ2n) is 7.22. The minimum Gasteiger partial charge on any atom is -0.497 e. The molecule has 0 fully saturated rings. The van der Waals surface area contributed by atoms with Gasteiger partial charge in [-0.2, -0.15) is 0 Å². The van der Waals surface area contributed by atoms with Crippen LogP contribution in [0.1, 0.15) is 29.3 Å². The number of methoxy groups -OCH3 is 2. The summed E-state index contributed by atoms with van der Waals surface area (Å²) in [6, 6.07) is 18.7. The Morgan fingerprint density at radius 2 is 1.56 bits per heavy atom. The van der Waals surface area contributed by atoms with E-state index in [0.717, 1.165) is 12.0 Å². The van der Waals surface area contributed by atoms with E-state index in [1.54, 1.807) is 81.0 Å². The van der Waals surface area contributed by atoms with E-state index < -0.39 is 5.97 Å². The fraction of sp³-hybridized carbons (Fsp3) is 0.185. The summed E-state index contributed by atoms with van der Waals surface area (Å²) in [6.07, 6.45) is 3.85. The first kappa shape index (κ1) is 24.4. The number of hydrogen-bond acceptors (Lipinski definition) is 6. The molecule has 7 nitrogen and oxygen atoms in total. The van der Waals surface area contributed by atoms with Gasteiger partial charge in [0.2, 0.25) is 0 Å². The van der Waals surface area contributed by atoms with Crippen LogP contribution in [0.4, 0.5) is 5.69 Å². The summed E-state index contributed by atoms with van der Waals surface area (Å²) in [6.45, 7) is 2.62. The van der Waals surface area contributed by atoms with Crippen LogP contribution < -0.4 is 24.3 Å². The standard InChI is InChI=1S/C27H27NO6/c1-4-17-33-24-15-5-19(18-25(24)32-3)6-16-26(29)34-23-11-7-20(8-12-23)27(30)28-21-9-13-22(31-2)14-10-21/h5-16,18H,4,17H2,1-3H3,(H,28,30)/b16-6+. The van der Waals surface area contributed by atoms with Gasteiger partial charge in [0.05, 0.1) is 20.8 Å². The van der Waals surface area contributed by atoms with E-state index in [0.29, 0.717) is 40.9 Å². The van der Waals surface area contributed by atoms with Crippen molar-refractivity contribution in [1.29, 1.82) is 0 Å². The van der Waals surface area contributed by atoms with Crippen molar-refractivity contribution in [2.75, 3.05) is 26.1 Å². The van der Waals surface area contributed by atoms with Gasteiger partial charge in [-0.25, -0.2) is 4.79 Å². The molecule has 34 heavy (non-hydrogen) atoms. The zero-order chi connectivity index (χ0) is 24.3. The maximum Gasteiger partial charge on any atom is 0.336 e. The molecule has 0 spiro atoms. The molecule has 3 rings (SSSR count). The highest BCUT2D eigenvalue weighted by molar-refractivity contribution is 6.04. The number of esters is 1. The van der Waals surface area contributed by atoms with Gasteiger partial charge in [0, 0.05) is 17.3 Å². The predicted molar refractivity (Wildman–Crippen MR) is 131 cm³/mol. The number of amides is 1. The van der Waals surface area contributed by atoms with Crippen molar-refractivity contribution in [3.05, 3.63) is 83.9 Å². The summed E-state index contributed by atoms with van der Waals surface area (Å²) in [7, 11) is 3.15. The maximum atomic E-state index is 12.4. The molecular weight excluding hydrogens is 434 g/mol.